The molecule has 1 N–H and O–H groups in total. The van der Waals surface area contributed by atoms with Gasteiger partial charge in [-0.3, -0.25) is 14.2 Å². The van der Waals surface area contributed by atoms with Crippen LogP contribution < -0.4 is 11.1 Å². The first kappa shape index (κ1) is 16.0. The van der Waals surface area contributed by atoms with Gasteiger partial charge in [-0.05, 0) is 24.6 Å². The lowest BCUT2D eigenvalue weighted by molar-refractivity contribution is -0.130. The van der Waals surface area contributed by atoms with Gasteiger partial charge in [-0.15, -0.1) is 0 Å². The highest BCUT2D eigenvalue weighted by atomic mass is 16.4. The van der Waals surface area contributed by atoms with Crippen molar-refractivity contribution in [2.45, 2.75) is 18.9 Å². The van der Waals surface area contributed by atoms with E-state index in [0.717, 1.165) is 5.52 Å². The second-order valence-corrected chi connectivity index (χ2v) is 5.73. The molecule has 2 amide bonds. The summed E-state index contributed by atoms with van der Waals surface area (Å²) in [6, 6.07) is 7.18. The molecule has 0 radical (unpaired) electrons. The first-order valence-electron chi connectivity index (χ1n) is 7.88. The molecule has 0 saturated carbocycles. The third-order valence-electron chi connectivity index (χ3n) is 4.22. The number of oxazole rings is 1. The summed E-state index contributed by atoms with van der Waals surface area (Å²) in [5.74, 6) is -0.727. The average Bonchev–Trinajstić information content (AvgIpc) is 3.17. The van der Waals surface area contributed by atoms with Crippen molar-refractivity contribution >= 4 is 22.9 Å². The second kappa shape index (κ2) is 6.74. The predicted molar refractivity (Wildman–Crippen MR) is 88.5 cm³/mol. The van der Waals surface area contributed by atoms with Crippen LogP contribution in [0.25, 0.3) is 11.1 Å². The lowest BCUT2D eigenvalue weighted by Crippen LogP contribution is -2.33. The van der Waals surface area contributed by atoms with Gasteiger partial charge in [-0.1, -0.05) is 18.7 Å². The SMILES string of the molecule is C=CC(=O)NCCC(=O)N1CCC(n2c(=O)oc3ccccc32)C1. The topological polar surface area (TPSA) is 84.5 Å². The van der Waals surface area contributed by atoms with Crippen molar-refractivity contribution in [3.05, 3.63) is 47.5 Å². The van der Waals surface area contributed by atoms with Gasteiger partial charge in [-0.25, -0.2) is 4.79 Å². The molecule has 24 heavy (non-hydrogen) atoms. The number of fused-ring (bicyclic) bond motifs is 1. The zero-order chi connectivity index (χ0) is 17.1. The highest BCUT2D eigenvalue weighted by Crippen LogP contribution is 2.25. The molecule has 126 valence electrons. The number of nitrogens with one attached hydrogen (secondary N) is 1. The number of nitrogens with zero attached hydrogens (tertiary/aromatic N) is 2. The van der Waals surface area contributed by atoms with Crippen LogP contribution in [0.3, 0.4) is 0 Å². The lowest BCUT2D eigenvalue weighted by Gasteiger charge is -2.17. The number of para-hydroxylation sites is 2. The predicted octanol–water partition coefficient (Wildman–Crippen LogP) is 1.06. The molecule has 0 spiro atoms. The van der Waals surface area contributed by atoms with Crippen LogP contribution in [0.15, 0.2) is 46.1 Å². The number of hydrogen-bond acceptors (Lipinski definition) is 4. The summed E-state index contributed by atoms with van der Waals surface area (Å²) in [6.07, 6.45) is 2.11. The Bertz CT molecular complexity index is 836. The van der Waals surface area contributed by atoms with Crippen LogP contribution in [0.2, 0.25) is 0 Å². The van der Waals surface area contributed by atoms with Crippen molar-refractivity contribution in [3.63, 3.8) is 0 Å². The molecule has 7 nitrogen and oxygen atoms in total. The van der Waals surface area contributed by atoms with Crippen molar-refractivity contribution in [2.24, 2.45) is 0 Å². The van der Waals surface area contributed by atoms with Crippen molar-refractivity contribution in [2.75, 3.05) is 19.6 Å². The molecule has 1 aromatic carbocycles. The lowest BCUT2D eigenvalue weighted by atomic mass is 10.2. The van der Waals surface area contributed by atoms with E-state index >= 15 is 0 Å². The molecule has 1 saturated heterocycles. The monoisotopic (exact) mass is 329 g/mol. The molecule has 7 heteroatoms. The summed E-state index contributed by atoms with van der Waals surface area (Å²) in [4.78, 5) is 37.1. The fourth-order valence-corrected chi connectivity index (χ4v) is 3.03. The van der Waals surface area contributed by atoms with E-state index < -0.39 is 5.76 Å². The molecular formula is C17H19N3O4. The third-order valence-corrected chi connectivity index (χ3v) is 4.22. The molecule has 1 aliphatic heterocycles. The summed E-state index contributed by atoms with van der Waals surface area (Å²) in [5, 5.41) is 2.58. The van der Waals surface area contributed by atoms with Crippen molar-refractivity contribution in [1.82, 2.24) is 14.8 Å². The van der Waals surface area contributed by atoms with Crippen molar-refractivity contribution < 1.29 is 14.0 Å². The highest BCUT2D eigenvalue weighted by Gasteiger charge is 2.29. The Kier molecular flexibility index (Phi) is 4.50. The number of likely N-dealkylation sites (tertiary alicyclic amines) is 1. The van der Waals surface area contributed by atoms with Gasteiger partial charge < -0.3 is 14.6 Å². The molecule has 1 aliphatic rings. The molecule has 0 bridgehead atoms. The van der Waals surface area contributed by atoms with Crippen LogP contribution in [-0.4, -0.2) is 40.9 Å². The van der Waals surface area contributed by atoms with Crippen LogP contribution in [-0.2, 0) is 9.59 Å². The third kappa shape index (κ3) is 3.10. The highest BCUT2D eigenvalue weighted by molar-refractivity contribution is 5.87. The normalized spacial score (nSPS) is 17.2. The zero-order valence-corrected chi connectivity index (χ0v) is 13.2. The largest absolute Gasteiger partial charge is 0.420 e. The Morgan fingerprint density at radius 1 is 1.38 bits per heavy atom. The Balaban J connectivity index is 1.65. The smallest absolute Gasteiger partial charge is 0.408 e. The van der Waals surface area contributed by atoms with Gasteiger partial charge in [-0.2, -0.15) is 0 Å². The first-order valence-corrected chi connectivity index (χ1v) is 7.88. The quantitative estimate of drug-likeness (QED) is 0.831. The van der Waals surface area contributed by atoms with E-state index in [2.05, 4.69) is 11.9 Å². The fraction of sp³-hybridized carbons (Fsp3) is 0.353. The second-order valence-electron chi connectivity index (χ2n) is 5.73. The molecule has 3 rings (SSSR count). The summed E-state index contributed by atoms with van der Waals surface area (Å²) in [7, 11) is 0. The maximum absolute atomic E-state index is 12.2. The number of amides is 2. The summed E-state index contributed by atoms with van der Waals surface area (Å²) >= 11 is 0. The molecule has 2 aromatic rings. The van der Waals surface area contributed by atoms with Crippen LogP contribution in [0.5, 0.6) is 0 Å². The summed E-state index contributed by atoms with van der Waals surface area (Å²) in [6.45, 7) is 4.69. The first-order chi connectivity index (χ1) is 11.6. The van der Waals surface area contributed by atoms with Crippen LogP contribution >= 0.6 is 0 Å². The van der Waals surface area contributed by atoms with E-state index in [4.69, 9.17) is 4.42 Å². The van der Waals surface area contributed by atoms with Gasteiger partial charge >= 0.3 is 5.76 Å². The van der Waals surface area contributed by atoms with Gasteiger partial charge in [0.15, 0.2) is 5.58 Å². The minimum atomic E-state index is -0.395. The number of hydrogen-bond donors (Lipinski definition) is 1. The van der Waals surface area contributed by atoms with E-state index in [1.807, 2.05) is 18.2 Å². The van der Waals surface area contributed by atoms with Gasteiger partial charge in [0.05, 0.1) is 11.6 Å². The summed E-state index contributed by atoms with van der Waals surface area (Å²) in [5.41, 5.74) is 1.31. The number of rotatable bonds is 5. The zero-order valence-electron chi connectivity index (χ0n) is 13.2. The van der Waals surface area contributed by atoms with Crippen molar-refractivity contribution in [1.29, 1.82) is 0 Å². The summed E-state index contributed by atoms with van der Waals surface area (Å²) < 4.78 is 6.88. The Morgan fingerprint density at radius 2 is 2.17 bits per heavy atom. The van der Waals surface area contributed by atoms with E-state index in [1.165, 1.54) is 6.08 Å². The van der Waals surface area contributed by atoms with E-state index in [-0.39, 0.29) is 30.8 Å². The number of carbonyl (C=O) groups is 2. The fourth-order valence-electron chi connectivity index (χ4n) is 3.03. The number of aromatic nitrogens is 1. The molecule has 1 aromatic heterocycles. The molecule has 2 heterocycles. The standard InChI is InChI=1S/C17H19N3O4/c1-2-15(21)18-9-7-16(22)19-10-8-12(11-19)20-13-5-3-4-6-14(13)24-17(20)23/h2-6,12H,1,7-11H2,(H,18,21). The minimum Gasteiger partial charge on any atom is -0.408 e. The maximum atomic E-state index is 12.2. The van der Waals surface area contributed by atoms with Crippen molar-refractivity contribution in [3.8, 4) is 0 Å². The number of carbonyl (C=O) groups excluding carboxylic acids is 2. The van der Waals surface area contributed by atoms with Gasteiger partial charge in [0, 0.05) is 26.1 Å². The molecule has 1 fully saturated rings. The molecule has 1 unspecified atom stereocenters. The van der Waals surface area contributed by atoms with E-state index in [1.54, 1.807) is 15.5 Å². The van der Waals surface area contributed by atoms with Gasteiger partial charge in [0.2, 0.25) is 11.8 Å². The Labute approximate surface area is 138 Å². The van der Waals surface area contributed by atoms with Crippen LogP contribution in [0, 0.1) is 0 Å². The molecule has 1 atom stereocenters. The van der Waals surface area contributed by atoms with Crippen LogP contribution in [0.1, 0.15) is 18.9 Å². The number of benzene rings is 1. The Morgan fingerprint density at radius 3 is 2.96 bits per heavy atom. The average molecular weight is 329 g/mol. The van der Waals surface area contributed by atoms with E-state index in [0.29, 0.717) is 25.1 Å². The molecule has 0 aliphatic carbocycles. The van der Waals surface area contributed by atoms with Gasteiger partial charge in [0.25, 0.3) is 0 Å². The van der Waals surface area contributed by atoms with E-state index in [9.17, 15) is 14.4 Å². The molecular weight excluding hydrogens is 310 g/mol. The Hall–Kier alpha value is -2.83. The maximum Gasteiger partial charge on any atom is 0.420 e. The van der Waals surface area contributed by atoms with Gasteiger partial charge in [0.1, 0.15) is 0 Å². The minimum absolute atomic E-state index is 0.0392. The van der Waals surface area contributed by atoms with Crippen LogP contribution in [0.4, 0.5) is 0 Å².